The fourth-order valence-electron chi connectivity index (χ4n) is 1.17. The third-order valence-corrected chi connectivity index (χ3v) is 3.05. The smallest absolute Gasteiger partial charge is 0.644 e. The van der Waals surface area contributed by atoms with Crippen LogP contribution in [0.3, 0.4) is 0 Å². The molecule has 0 bridgehead atoms. The molecule has 1 rings (SSSR count). The molecule has 4 nitrogen and oxygen atoms in total. The van der Waals surface area contributed by atoms with Gasteiger partial charge in [-0.15, -0.1) is 0 Å². The maximum absolute atomic E-state index is 11.1. The normalized spacial score (nSPS) is 9.82. The summed E-state index contributed by atoms with van der Waals surface area (Å²) in [4.78, 5) is 10.8. The molecule has 0 aliphatic heterocycles. The minimum absolute atomic E-state index is 0. The van der Waals surface area contributed by atoms with Gasteiger partial charge in [-0.2, -0.15) is 0 Å². The van der Waals surface area contributed by atoms with Gasteiger partial charge >= 0.3 is 22.4 Å². The Bertz CT molecular complexity index is 505. The SMILES string of the molecule is CC(=O)Nc1cc(C)cc(S(=O)(=O)[S-])c1.[Au+].[K]. The molecule has 1 aromatic carbocycles. The number of benzene rings is 1. The molecule has 0 spiro atoms. The van der Waals surface area contributed by atoms with Crippen molar-refractivity contribution in [3.05, 3.63) is 23.8 Å². The van der Waals surface area contributed by atoms with Gasteiger partial charge in [0, 0.05) is 68.9 Å². The molecule has 0 atom stereocenters. The van der Waals surface area contributed by atoms with Gasteiger partial charge in [0.2, 0.25) is 5.91 Å². The van der Waals surface area contributed by atoms with Crippen LogP contribution < -0.4 is 5.32 Å². The Balaban J connectivity index is 0. The van der Waals surface area contributed by atoms with E-state index in [1.165, 1.54) is 19.1 Å². The maximum Gasteiger partial charge on any atom is 1.00 e. The van der Waals surface area contributed by atoms with Gasteiger partial charge < -0.3 is 17.0 Å². The first-order chi connectivity index (χ1) is 6.79. The molecule has 8 heteroatoms. The van der Waals surface area contributed by atoms with Crippen LogP contribution in [0.25, 0.3) is 0 Å². The quantitative estimate of drug-likeness (QED) is 0.387. The largest absolute Gasteiger partial charge is 1.00 e. The number of amides is 1. The summed E-state index contributed by atoms with van der Waals surface area (Å²) in [6, 6.07) is 4.48. The van der Waals surface area contributed by atoms with Gasteiger partial charge in [0.1, 0.15) is 0 Å². The van der Waals surface area contributed by atoms with Crippen LogP contribution in [0.1, 0.15) is 12.5 Å². The van der Waals surface area contributed by atoms with E-state index in [2.05, 4.69) is 17.0 Å². The Morgan fingerprint density at radius 2 is 1.82 bits per heavy atom. The van der Waals surface area contributed by atoms with Crippen LogP contribution in [0.15, 0.2) is 23.1 Å². The topological polar surface area (TPSA) is 63.2 Å². The van der Waals surface area contributed by atoms with Crippen molar-refractivity contribution in [1.82, 2.24) is 0 Å². The van der Waals surface area contributed by atoms with Gasteiger partial charge in [0.15, 0.2) is 0 Å². The van der Waals surface area contributed by atoms with E-state index in [-0.39, 0.29) is 84.6 Å². The average molecular weight is 480 g/mol. The molecule has 1 radical (unpaired) electrons. The van der Waals surface area contributed by atoms with Crippen LogP contribution >= 0.6 is 0 Å². The van der Waals surface area contributed by atoms with Gasteiger partial charge in [-0.25, -0.2) is 8.42 Å². The Morgan fingerprint density at radius 3 is 2.24 bits per heavy atom. The molecule has 1 N–H and O–H groups in total. The fourth-order valence-corrected chi connectivity index (χ4v) is 2.06. The number of hydrogen-bond donors (Lipinski definition) is 1. The number of hydrogen-bond acceptors (Lipinski definition) is 4. The second-order valence-corrected chi connectivity index (χ2v) is 5.87. The summed E-state index contributed by atoms with van der Waals surface area (Å²) in [5.41, 5.74) is 1.16. The van der Waals surface area contributed by atoms with Crippen molar-refractivity contribution >= 4 is 83.5 Å². The first-order valence-electron chi connectivity index (χ1n) is 4.14. The monoisotopic (exact) mass is 480 g/mol. The summed E-state index contributed by atoms with van der Waals surface area (Å²) < 4.78 is 22.3. The van der Waals surface area contributed by atoms with E-state index in [9.17, 15) is 13.2 Å². The summed E-state index contributed by atoms with van der Waals surface area (Å²) in [5, 5.41) is 2.51. The molecule has 1 aromatic rings. The second kappa shape index (κ2) is 8.52. The van der Waals surface area contributed by atoms with Gasteiger partial charge in [-0.3, -0.25) is 4.79 Å². The first-order valence-corrected chi connectivity index (χ1v) is 6.55. The van der Waals surface area contributed by atoms with Crippen molar-refractivity contribution in [2.24, 2.45) is 0 Å². The standard InChI is InChI=1S/C9H11NO3S2.Au.K/c1-6-3-8(10-7(2)11)5-9(4-6)15(12,13)14;;/h3-5H,1-2H3,(H,10,11)(H,12,13,14);;/q;+1;/p-1. The zero-order valence-electron chi connectivity index (χ0n) is 9.57. The van der Waals surface area contributed by atoms with E-state index in [0.29, 0.717) is 5.69 Å². The summed E-state index contributed by atoms with van der Waals surface area (Å²) in [5.74, 6) is -0.256. The molecule has 0 heterocycles. The average Bonchev–Trinajstić information content (AvgIpc) is 1.99. The molecule has 0 fully saturated rings. The van der Waals surface area contributed by atoms with E-state index >= 15 is 0 Å². The summed E-state index contributed by atoms with van der Waals surface area (Å²) in [7, 11) is -3.65. The van der Waals surface area contributed by atoms with Crippen molar-refractivity contribution in [2.75, 3.05) is 5.32 Å². The van der Waals surface area contributed by atoms with E-state index in [1.807, 2.05) is 0 Å². The van der Waals surface area contributed by atoms with Crippen molar-refractivity contribution in [3.63, 3.8) is 0 Å². The second-order valence-electron chi connectivity index (χ2n) is 3.17. The number of carbonyl (C=O) groups is 1. The molecule has 0 aliphatic rings. The van der Waals surface area contributed by atoms with Crippen molar-refractivity contribution in [1.29, 1.82) is 0 Å². The molecule has 1 amide bonds. The molecule has 93 valence electrons. The van der Waals surface area contributed by atoms with Gasteiger partial charge in [-0.05, 0) is 30.7 Å². The Morgan fingerprint density at radius 1 is 1.29 bits per heavy atom. The van der Waals surface area contributed by atoms with Crippen LogP contribution in [0.4, 0.5) is 5.69 Å². The van der Waals surface area contributed by atoms with Crippen molar-refractivity contribution in [3.8, 4) is 0 Å². The van der Waals surface area contributed by atoms with Gasteiger partial charge in [0.05, 0.1) is 8.87 Å². The van der Waals surface area contributed by atoms with Crippen molar-refractivity contribution < 1.29 is 35.6 Å². The number of rotatable bonds is 2. The van der Waals surface area contributed by atoms with E-state index in [4.69, 9.17) is 0 Å². The van der Waals surface area contributed by atoms with Crippen LogP contribution in [0.5, 0.6) is 0 Å². The molecule has 0 saturated carbocycles. The minimum Gasteiger partial charge on any atom is -0.644 e. The number of carbonyl (C=O) groups excluding carboxylic acids is 1. The molecular formula is C9H10AuKNO3S2. The molecule has 0 unspecified atom stereocenters. The zero-order chi connectivity index (χ0) is 11.6. The molecule has 0 aromatic heterocycles. The third kappa shape index (κ3) is 7.51. The third-order valence-electron chi connectivity index (χ3n) is 1.66. The minimum atomic E-state index is -3.65. The zero-order valence-corrected chi connectivity index (χ0v) is 16.5. The predicted octanol–water partition coefficient (Wildman–Crippen LogP) is 0.806. The fraction of sp³-hybridized carbons (Fsp3) is 0.222. The summed E-state index contributed by atoms with van der Waals surface area (Å²) in [6.45, 7) is 3.08. The summed E-state index contributed by atoms with van der Waals surface area (Å²) in [6.07, 6.45) is 0. The predicted molar refractivity (Wildman–Crippen MR) is 65.8 cm³/mol. The maximum atomic E-state index is 11.1. The van der Waals surface area contributed by atoms with E-state index in [0.717, 1.165) is 5.56 Å². The van der Waals surface area contributed by atoms with Crippen LogP contribution in [0.2, 0.25) is 0 Å². The number of nitrogens with one attached hydrogen (secondary N) is 1. The van der Waals surface area contributed by atoms with Crippen LogP contribution in [-0.4, -0.2) is 65.7 Å². The van der Waals surface area contributed by atoms with Crippen molar-refractivity contribution in [2.45, 2.75) is 18.7 Å². The van der Waals surface area contributed by atoms with E-state index in [1.54, 1.807) is 13.0 Å². The van der Waals surface area contributed by atoms with E-state index < -0.39 is 8.87 Å². The molecule has 0 saturated heterocycles. The Labute approximate surface area is 164 Å². The van der Waals surface area contributed by atoms with Crippen LogP contribution in [0, 0.1) is 6.92 Å². The van der Waals surface area contributed by atoms with Gasteiger partial charge in [0.25, 0.3) is 0 Å². The molecular weight excluding hydrogens is 470 g/mol. The first kappa shape index (κ1) is 20.7. The molecule has 17 heavy (non-hydrogen) atoms. The Hall–Kier alpha value is 1.37. The Kier molecular flexibility index (Phi) is 10.4. The van der Waals surface area contributed by atoms with Crippen LogP contribution in [-0.2, 0) is 47.7 Å². The number of aryl methyl sites for hydroxylation is 1. The van der Waals surface area contributed by atoms with Gasteiger partial charge in [-0.1, -0.05) is 0 Å². The summed E-state index contributed by atoms with van der Waals surface area (Å²) >= 11 is 4.34. The molecule has 0 aliphatic carbocycles. The number of anilines is 1.